The number of nitrogens with zero attached hydrogens (tertiary/aromatic N) is 2. The number of hydrogen-bond donors (Lipinski definition) is 1. The third-order valence-corrected chi connectivity index (χ3v) is 5.55. The van der Waals surface area contributed by atoms with Crippen molar-refractivity contribution in [3.05, 3.63) is 59.4 Å². The number of thiazole rings is 1. The third kappa shape index (κ3) is 4.70. The maximum atomic E-state index is 13.1. The van der Waals surface area contributed by atoms with E-state index >= 15 is 0 Å². The third-order valence-electron chi connectivity index (χ3n) is 4.51. The highest BCUT2D eigenvalue weighted by atomic mass is 32.1. The maximum Gasteiger partial charge on any atom is 0.233 e. The number of amides is 1. The van der Waals surface area contributed by atoms with Crippen molar-refractivity contribution in [2.75, 3.05) is 32.1 Å². The van der Waals surface area contributed by atoms with Crippen molar-refractivity contribution >= 4 is 32.6 Å². The van der Waals surface area contributed by atoms with Crippen molar-refractivity contribution in [2.45, 2.75) is 19.8 Å². The Morgan fingerprint density at radius 3 is 2.59 bits per heavy atom. The van der Waals surface area contributed by atoms with E-state index in [0.717, 1.165) is 33.9 Å². The lowest BCUT2D eigenvalue weighted by molar-refractivity contribution is -0.856. The minimum Gasteiger partial charge on any atom is -0.338 e. The van der Waals surface area contributed by atoms with Crippen LogP contribution in [-0.4, -0.2) is 38.1 Å². The monoisotopic (exact) mass is 386 g/mol. The molecule has 1 amide bonds. The van der Waals surface area contributed by atoms with Gasteiger partial charge in [-0.05, 0) is 35.7 Å². The van der Waals surface area contributed by atoms with Crippen molar-refractivity contribution < 1.29 is 14.1 Å². The van der Waals surface area contributed by atoms with E-state index in [4.69, 9.17) is 4.98 Å². The van der Waals surface area contributed by atoms with Crippen molar-refractivity contribution in [1.82, 2.24) is 4.98 Å². The molecule has 2 aromatic carbocycles. The molecule has 4 nitrogen and oxygen atoms in total. The molecule has 27 heavy (non-hydrogen) atoms. The Hall–Kier alpha value is -2.31. The Bertz CT molecular complexity index is 921. The molecule has 0 atom stereocenters. The fourth-order valence-corrected chi connectivity index (χ4v) is 3.99. The Balaban J connectivity index is 1.90. The number of quaternary nitrogens is 1. The second-order valence-electron chi connectivity index (χ2n) is 6.92. The topological polar surface area (TPSA) is 37.6 Å². The standard InChI is InChI=1S/C21H24FN3OS/c1-4-16-6-5-7-18-20(16)23-21(27-18)25(13-12-24(2)3)19(26)14-15-8-10-17(22)11-9-15/h5-11H,4,12-14H2,1-3H3/p+1. The maximum absolute atomic E-state index is 13.1. The van der Waals surface area contributed by atoms with Gasteiger partial charge in [0.05, 0.1) is 43.8 Å². The van der Waals surface area contributed by atoms with E-state index in [1.54, 1.807) is 28.4 Å². The summed E-state index contributed by atoms with van der Waals surface area (Å²) < 4.78 is 14.2. The largest absolute Gasteiger partial charge is 0.338 e. The summed E-state index contributed by atoms with van der Waals surface area (Å²) >= 11 is 1.55. The van der Waals surface area contributed by atoms with E-state index in [1.165, 1.54) is 22.6 Å². The van der Waals surface area contributed by atoms with E-state index in [9.17, 15) is 9.18 Å². The number of rotatable bonds is 7. The lowest BCUT2D eigenvalue weighted by atomic mass is 10.1. The van der Waals surface area contributed by atoms with Gasteiger partial charge in [0.2, 0.25) is 5.91 Å². The predicted octanol–water partition coefficient (Wildman–Crippen LogP) is 2.72. The fourth-order valence-electron chi connectivity index (χ4n) is 2.93. The first-order valence-corrected chi connectivity index (χ1v) is 10.0. The molecule has 3 rings (SSSR count). The molecule has 0 bridgehead atoms. The average molecular weight is 387 g/mol. The summed E-state index contributed by atoms with van der Waals surface area (Å²) in [5, 5.41) is 0.735. The average Bonchev–Trinajstić information content (AvgIpc) is 3.07. The first-order chi connectivity index (χ1) is 13.0. The number of nitrogens with one attached hydrogen (secondary N) is 1. The molecule has 0 unspecified atom stereocenters. The lowest BCUT2D eigenvalue weighted by Crippen LogP contribution is -3.06. The summed E-state index contributed by atoms with van der Waals surface area (Å²) in [7, 11) is 4.13. The van der Waals surface area contributed by atoms with E-state index in [2.05, 4.69) is 33.2 Å². The molecule has 1 heterocycles. The highest BCUT2D eigenvalue weighted by Gasteiger charge is 2.21. The smallest absolute Gasteiger partial charge is 0.233 e. The molecule has 0 spiro atoms. The molecule has 0 saturated carbocycles. The highest BCUT2D eigenvalue weighted by Crippen LogP contribution is 2.31. The lowest BCUT2D eigenvalue weighted by Gasteiger charge is -2.20. The van der Waals surface area contributed by atoms with E-state index in [-0.39, 0.29) is 18.1 Å². The van der Waals surface area contributed by atoms with Crippen LogP contribution in [0.25, 0.3) is 10.2 Å². The van der Waals surface area contributed by atoms with Crippen molar-refractivity contribution in [3.8, 4) is 0 Å². The summed E-state index contributed by atoms with van der Waals surface area (Å²) in [6, 6.07) is 12.3. The van der Waals surface area contributed by atoms with E-state index in [1.807, 2.05) is 6.07 Å². The van der Waals surface area contributed by atoms with Gasteiger partial charge in [-0.25, -0.2) is 9.37 Å². The molecule has 1 N–H and O–H groups in total. The van der Waals surface area contributed by atoms with Crippen LogP contribution in [0.2, 0.25) is 0 Å². The Kier molecular flexibility index (Phi) is 6.19. The number of benzene rings is 2. The van der Waals surface area contributed by atoms with Gasteiger partial charge in [-0.2, -0.15) is 0 Å². The van der Waals surface area contributed by atoms with E-state index < -0.39 is 0 Å². The quantitative estimate of drug-likeness (QED) is 0.678. The summed E-state index contributed by atoms with van der Waals surface area (Å²) in [6.45, 7) is 3.54. The molecule has 1 aromatic heterocycles. The molecule has 3 aromatic rings. The molecule has 0 radical (unpaired) electrons. The molecule has 0 fully saturated rings. The van der Waals surface area contributed by atoms with E-state index in [0.29, 0.717) is 6.54 Å². The van der Waals surface area contributed by atoms with Crippen LogP contribution in [0.5, 0.6) is 0 Å². The number of likely N-dealkylation sites (N-methyl/N-ethyl adjacent to an activating group) is 1. The molecule has 6 heteroatoms. The van der Waals surface area contributed by atoms with Crippen LogP contribution in [0.15, 0.2) is 42.5 Å². The summed E-state index contributed by atoms with van der Waals surface area (Å²) in [6.07, 6.45) is 1.14. The minimum atomic E-state index is -0.294. The molecule has 0 aliphatic carbocycles. The minimum absolute atomic E-state index is 0.0139. The first-order valence-electron chi connectivity index (χ1n) is 9.20. The number of aryl methyl sites for hydroxylation is 1. The molecular weight excluding hydrogens is 361 g/mol. The van der Waals surface area contributed by atoms with Crippen LogP contribution < -0.4 is 9.80 Å². The molecule has 142 valence electrons. The predicted molar refractivity (Wildman–Crippen MR) is 109 cm³/mol. The van der Waals surface area contributed by atoms with Crippen molar-refractivity contribution in [1.29, 1.82) is 0 Å². The van der Waals surface area contributed by atoms with Crippen molar-refractivity contribution in [2.24, 2.45) is 0 Å². The van der Waals surface area contributed by atoms with Gasteiger partial charge in [-0.3, -0.25) is 9.69 Å². The van der Waals surface area contributed by atoms with Crippen LogP contribution in [0.3, 0.4) is 0 Å². The molecular formula is C21H25FN3OS+. The van der Waals surface area contributed by atoms with Gasteiger partial charge < -0.3 is 4.90 Å². The SMILES string of the molecule is CCc1cccc2sc(N(CC[NH+](C)C)C(=O)Cc3ccc(F)cc3)nc12. The number of hydrogen-bond acceptors (Lipinski definition) is 3. The normalized spacial score (nSPS) is 11.3. The second kappa shape index (κ2) is 8.59. The zero-order valence-electron chi connectivity index (χ0n) is 16.0. The van der Waals surface area contributed by atoms with Gasteiger partial charge in [0.25, 0.3) is 0 Å². The Morgan fingerprint density at radius 2 is 1.93 bits per heavy atom. The van der Waals surface area contributed by atoms with Gasteiger partial charge in [0.15, 0.2) is 5.13 Å². The van der Waals surface area contributed by atoms with Crippen LogP contribution in [0.1, 0.15) is 18.1 Å². The zero-order valence-corrected chi connectivity index (χ0v) is 16.8. The highest BCUT2D eigenvalue weighted by molar-refractivity contribution is 7.22. The number of fused-ring (bicyclic) bond motifs is 1. The number of carbonyl (C=O) groups is 1. The number of halogens is 1. The van der Waals surface area contributed by atoms with Gasteiger partial charge in [0.1, 0.15) is 5.82 Å². The van der Waals surface area contributed by atoms with Crippen LogP contribution in [0.4, 0.5) is 9.52 Å². The van der Waals surface area contributed by atoms with Crippen LogP contribution >= 0.6 is 11.3 Å². The van der Waals surface area contributed by atoms with Gasteiger partial charge >= 0.3 is 0 Å². The second-order valence-corrected chi connectivity index (χ2v) is 7.93. The Labute approximate surface area is 163 Å². The summed E-state index contributed by atoms with van der Waals surface area (Å²) in [5.74, 6) is -0.308. The summed E-state index contributed by atoms with van der Waals surface area (Å²) in [5.41, 5.74) is 2.98. The summed E-state index contributed by atoms with van der Waals surface area (Å²) in [4.78, 5) is 20.9. The molecule has 0 saturated heterocycles. The zero-order chi connectivity index (χ0) is 19.4. The van der Waals surface area contributed by atoms with Crippen molar-refractivity contribution in [3.63, 3.8) is 0 Å². The number of para-hydroxylation sites is 1. The number of aromatic nitrogens is 1. The number of carbonyl (C=O) groups excluding carboxylic acids is 1. The number of anilines is 1. The van der Waals surface area contributed by atoms with Gasteiger partial charge in [-0.15, -0.1) is 0 Å². The van der Waals surface area contributed by atoms with Crippen LogP contribution in [-0.2, 0) is 17.6 Å². The van der Waals surface area contributed by atoms with Crippen LogP contribution in [0, 0.1) is 5.82 Å². The molecule has 0 aliphatic rings. The van der Waals surface area contributed by atoms with Gasteiger partial charge in [-0.1, -0.05) is 42.5 Å². The van der Waals surface area contributed by atoms with Gasteiger partial charge in [0, 0.05) is 0 Å². The molecule has 0 aliphatic heterocycles. The Morgan fingerprint density at radius 1 is 1.19 bits per heavy atom. The first kappa shape index (κ1) is 19.5. The fraction of sp³-hybridized carbons (Fsp3) is 0.333.